The third-order valence-corrected chi connectivity index (χ3v) is 13.4. The van der Waals surface area contributed by atoms with Crippen LogP contribution in [0.4, 0.5) is 11.5 Å². The number of hydrogen-bond acceptors (Lipinski definition) is 7. The van der Waals surface area contributed by atoms with Crippen molar-refractivity contribution in [1.29, 1.82) is 0 Å². The molecule has 61 heavy (non-hydrogen) atoms. The average Bonchev–Trinajstić information content (AvgIpc) is 3.79. The number of carboxylic acid groups (broad SMARTS) is 1. The largest absolute Gasteiger partial charge is 0.494 e. The highest BCUT2D eigenvalue weighted by Crippen LogP contribution is 2.46. The molecule has 0 radical (unpaired) electrons. The third-order valence-electron chi connectivity index (χ3n) is 12.4. The van der Waals surface area contributed by atoms with E-state index >= 15 is 4.79 Å². The Hall–Kier alpha value is -5.34. The third kappa shape index (κ3) is 7.55. The molecule has 0 bridgehead atoms. The van der Waals surface area contributed by atoms with Gasteiger partial charge < -0.3 is 29.2 Å². The van der Waals surface area contributed by atoms with Crippen molar-refractivity contribution < 1.29 is 24.2 Å². The Labute approximate surface area is 365 Å². The first-order chi connectivity index (χ1) is 29.0. The number of anilines is 2. The minimum absolute atomic E-state index is 0.00776. The number of carbonyl (C=O) groups is 3. The summed E-state index contributed by atoms with van der Waals surface area (Å²) in [6.07, 6.45) is 1.09. The first-order valence-electron chi connectivity index (χ1n) is 20.7. The topological polar surface area (TPSA) is 130 Å². The molecule has 1 saturated heterocycles. The highest BCUT2D eigenvalue weighted by Gasteiger charge is 2.40. The second-order valence-electron chi connectivity index (χ2n) is 16.7. The van der Waals surface area contributed by atoms with Gasteiger partial charge in [-0.2, -0.15) is 5.10 Å². The Morgan fingerprint density at radius 2 is 1.64 bits per heavy atom. The summed E-state index contributed by atoms with van der Waals surface area (Å²) in [6, 6.07) is 12.7. The summed E-state index contributed by atoms with van der Waals surface area (Å²) >= 11 is 13.6. The van der Waals surface area contributed by atoms with Crippen molar-refractivity contribution in [3.63, 3.8) is 0 Å². The summed E-state index contributed by atoms with van der Waals surface area (Å²) in [5.41, 5.74) is 8.62. The number of benzene rings is 3. The average molecular weight is 868 g/mol. The predicted molar refractivity (Wildman–Crippen MR) is 242 cm³/mol. The van der Waals surface area contributed by atoms with Gasteiger partial charge >= 0.3 is 5.97 Å². The number of hydrogen-bond donors (Lipinski definition) is 2. The standard InChI is InChI=1S/C46H52Cl2N8O5/c1-25-20-31(21-26(2)41(25)48)61-19-9-10-32-33-12-13-35(47)40(38-28(4)50-53(8)29(38)5)42(33)56-27(3)23-55(45(58)43(32)56)44-39(46(59)60)34-22-30(11-14-36(34)52(44)7)49-37(57)24-54-17-15-51(6)16-18-54/h11-14,20-22,27H,9-10,15-19,23-24H2,1-8H3,(H,49,57)(H,59,60)/t27-/m1/s1. The SMILES string of the molecule is Cc1cc(OCCCc2c3n(c4c(-c5c(C)nn(C)c5C)c(Cl)ccc24)[C@H](C)CN(c2c(C(=O)O)c4cc(NC(=O)CN5CCN(C)CC5)ccc4n2C)C3=O)cc(C)c1Cl. The van der Waals surface area contributed by atoms with Crippen LogP contribution in [-0.4, -0.2) is 105 Å². The molecule has 2 amide bonds. The van der Waals surface area contributed by atoms with Crippen molar-refractivity contribution in [1.82, 2.24) is 28.7 Å². The van der Waals surface area contributed by atoms with Crippen LogP contribution in [0.5, 0.6) is 5.75 Å². The maximum atomic E-state index is 15.4. The zero-order valence-corrected chi connectivity index (χ0v) is 37.5. The Morgan fingerprint density at radius 3 is 2.30 bits per heavy atom. The fraction of sp³-hybridized carbons (Fsp3) is 0.391. The van der Waals surface area contributed by atoms with Crippen molar-refractivity contribution in [2.24, 2.45) is 14.1 Å². The smallest absolute Gasteiger partial charge is 0.340 e. The van der Waals surface area contributed by atoms with Gasteiger partial charge in [-0.05, 0) is 108 Å². The van der Waals surface area contributed by atoms with Crippen LogP contribution in [0.1, 0.15) is 68.3 Å². The molecule has 15 heteroatoms. The highest BCUT2D eigenvalue weighted by atomic mass is 35.5. The molecule has 0 aliphatic carbocycles. The van der Waals surface area contributed by atoms with Crippen LogP contribution in [0.15, 0.2) is 42.5 Å². The molecule has 2 aliphatic heterocycles. The zero-order chi connectivity index (χ0) is 43.6. The molecule has 0 unspecified atom stereocenters. The molecule has 5 heterocycles. The van der Waals surface area contributed by atoms with E-state index < -0.39 is 5.97 Å². The van der Waals surface area contributed by atoms with Crippen molar-refractivity contribution in [3.8, 4) is 16.9 Å². The van der Waals surface area contributed by atoms with E-state index in [4.69, 9.17) is 33.0 Å². The van der Waals surface area contributed by atoms with E-state index in [1.165, 1.54) is 0 Å². The molecule has 0 spiro atoms. The van der Waals surface area contributed by atoms with Crippen LogP contribution in [0.25, 0.3) is 32.9 Å². The zero-order valence-electron chi connectivity index (χ0n) is 35.9. The molecule has 6 aromatic rings. The summed E-state index contributed by atoms with van der Waals surface area (Å²) in [4.78, 5) is 47.8. The Bertz CT molecular complexity index is 2740. The van der Waals surface area contributed by atoms with E-state index in [0.29, 0.717) is 51.8 Å². The van der Waals surface area contributed by atoms with Crippen molar-refractivity contribution in [2.75, 3.05) is 63.1 Å². The van der Waals surface area contributed by atoms with Crippen LogP contribution >= 0.6 is 23.2 Å². The number of halogens is 2. The molecule has 8 rings (SSSR count). The number of aromatic carboxylic acids is 1. The summed E-state index contributed by atoms with van der Waals surface area (Å²) < 4.78 is 11.9. The number of carboxylic acids is 1. The lowest BCUT2D eigenvalue weighted by Gasteiger charge is -2.34. The number of aryl methyl sites for hydroxylation is 6. The van der Waals surface area contributed by atoms with Crippen molar-refractivity contribution >= 4 is 74.3 Å². The fourth-order valence-corrected chi connectivity index (χ4v) is 9.71. The molecule has 1 fully saturated rings. The quantitative estimate of drug-likeness (QED) is 0.125. The number of likely N-dealkylation sites (N-methyl/N-ethyl adjacent to an activating group) is 1. The van der Waals surface area contributed by atoms with Gasteiger partial charge in [-0.25, -0.2) is 4.79 Å². The van der Waals surface area contributed by atoms with Crippen molar-refractivity contribution in [2.45, 2.75) is 53.5 Å². The van der Waals surface area contributed by atoms with E-state index in [-0.39, 0.29) is 42.3 Å². The van der Waals surface area contributed by atoms with Gasteiger partial charge in [-0.15, -0.1) is 0 Å². The van der Waals surface area contributed by atoms with Gasteiger partial charge in [0, 0.05) is 91.2 Å². The maximum Gasteiger partial charge on any atom is 0.340 e. The van der Waals surface area contributed by atoms with E-state index in [9.17, 15) is 14.7 Å². The Balaban J connectivity index is 1.20. The van der Waals surface area contributed by atoms with Gasteiger partial charge in [0.1, 0.15) is 22.8 Å². The van der Waals surface area contributed by atoms with Gasteiger partial charge in [0.15, 0.2) is 0 Å². The Kier molecular flexibility index (Phi) is 11.5. The van der Waals surface area contributed by atoms with Crippen LogP contribution in [0.2, 0.25) is 10.0 Å². The molecule has 2 aliphatic rings. The number of amides is 2. The first kappa shape index (κ1) is 42.4. The number of rotatable bonds is 11. The molecule has 2 N–H and O–H groups in total. The second-order valence-corrected chi connectivity index (χ2v) is 17.5. The van der Waals surface area contributed by atoms with E-state index in [0.717, 1.165) is 82.0 Å². The molecule has 13 nitrogen and oxygen atoms in total. The van der Waals surface area contributed by atoms with Gasteiger partial charge in [0.05, 0.1) is 34.9 Å². The second kappa shape index (κ2) is 16.5. The lowest BCUT2D eigenvalue weighted by atomic mass is 9.98. The predicted octanol–water partition coefficient (Wildman–Crippen LogP) is 8.19. The number of carbonyl (C=O) groups excluding carboxylic acids is 2. The molecule has 1 atom stereocenters. The number of fused-ring (bicyclic) bond motifs is 4. The molecule has 0 saturated carbocycles. The summed E-state index contributed by atoms with van der Waals surface area (Å²) in [6.45, 7) is 14.1. The first-order valence-corrected chi connectivity index (χ1v) is 21.4. The van der Waals surface area contributed by atoms with E-state index in [1.807, 2.05) is 70.6 Å². The number of piperazine rings is 1. The van der Waals surface area contributed by atoms with Crippen LogP contribution in [0.3, 0.4) is 0 Å². The molecule has 3 aromatic carbocycles. The monoisotopic (exact) mass is 866 g/mol. The molecule has 3 aromatic heterocycles. The fourth-order valence-electron chi connectivity index (χ4n) is 9.36. The molecule has 320 valence electrons. The Morgan fingerprint density at radius 1 is 0.934 bits per heavy atom. The van der Waals surface area contributed by atoms with Gasteiger partial charge in [-0.1, -0.05) is 29.3 Å². The van der Waals surface area contributed by atoms with Crippen LogP contribution in [-0.2, 0) is 25.3 Å². The normalized spacial score (nSPS) is 16.2. The summed E-state index contributed by atoms with van der Waals surface area (Å²) in [5.74, 6) is -0.654. The van der Waals surface area contributed by atoms with Gasteiger partial charge in [0.2, 0.25) is 5.91 Å². The minimum atomic E-state index is -1.17. The molecular formula is C46H52Cl2N8O5. The van der Waals surface area contributed by atoms with Crippen LogP contribution < -0.4 is 15.0 Å². The van der Waals surface area contributed by atoms with Gasteiger partial charge in [-0.3, -0.25) is 24.1 Å². The number of nitrogens with one attached hydrogen (secondary N) is 1. The minimum Gasteiger partial charge on any atom is -0.494 e. The van der Waals surface area contributed by atoms with E-state index in [2.05, 4.69) is 26.7 Å². The number of nitrogens with zero attached hydrogens (tertiary/aromatic N) is 7. The number of aromatic nitrogens is 4. The number of ether oxygens (including phenoxy) is 1. The molecular weight excluding hydrogens is 815 g/mol. The van der Waals surface area contributed by atoms with E-state index in [1.54, 1.807) is 34.7 Å². The van der Waals surface area contributed by atoms with Crippen molar-refractivity contribution in [3.05, 3.63) is 91.8 Å². The van der Waals surface area contributed by atoms with Crippen LogP contribution in [0, 0.1) is 27.7 Å². The summed E-state index contributed by atoms with van der Waals surface area (Å²) in [5, 5.41) is 21.1. The van der Waals surface area contributed by atoms with Gasteiger partial charge in [0.25, 0.3) is 5.91 Å². The summed E-state index contributed by atoms with van der Waals surface area (Å²) in [7, 11) is 5.75. The highest BCUT2D eigenvalue weighted by molar-refractivity contribution is 6.35. The maximum absolute atomic E-state index is 15.4. The lowest BCUT2D eigenvalue weighted by molar-refractivity contribution is -0.117. The lowest BCUT2D eigenvalue weighted by Crippen LogP contribution is -2.47.